The van der Waals surface area contributed by atoms with Crippen LogP contribution in [0.15, 0.2) is 18.3 Å². The summed E-state index contributed by atoms with van der Waals surface area (Å²) in [6.45, 7) is 1.60. The van der Waals surface area contributed by atoms with Gasteiger partial charge in [-0.25, -0.2) is 4.98 Å². The van der Waals surface area contributed by atoms with Crippen molar-refractivity contribution in [3.8, 4) is 0 Å². The highest BCUT2D eigenvalue weighted by Gasteiger charge is 2.42. The Morgan fingerprint density at radius 1 is 1.42 bits per heavy atom. The van der Waals surface area contributed by atoms with Crippen molar-refractivity contribution in [1.82, 2.24) is 14.9 Å². The number of rotatable bonds is 4. The average Bonchev–Trinajstić information content (AvgIpc) is 3.26. The summed E-state index contributed by atoms with van der Waals surface area (Å²) in [4.78, 5) is 21.4. The normalized spacial score (nSPS) is 14.7. The quantitative estimate of drug-likeness (QED) is 0.799. The van der Waals surface area contributed by atoms with Crippen LogP contribution in [-0.2, 0) is 12.7 Å². The van der Waals surface area contributed by atoms with E-state index in [-0.39, 0.29) is 22.5 Å². The zero-order valence-electron chi connectivity index (χ0n) is 12.6. The van der Waals surface area contributed by atoms with Crippen molar-refractivity contribution in [1.29, 1.82) is 0 Å². The molecule has 24 heavy (non-hydrogen) atoms. The minimum absolute atomic E-state index is 0.0570. The lowest BCUT2D eigenvalue weighted by atomic mass is 10.2. The Kier molecular flexibility index (Phi) is 4.52. The highest BCUT2D eigenvalue weighted by Crippen LogP contribution is 2.37. The molecule has 2 aromatic heterocycles. The summed E-state index contributed by atoms with van der Waals surface area (Å²) in [7, 11) is 0. The molecular formula is C15H13ClF3N3OS. The second kappa shape index (κ2) is 6.33. The summed E-state index contributed by atoms with van der Waals surface area (Å²) in [5.41, 5.74) is -0.529. The average molecular weight is 376 g/mol. The van der Waals surface area contributed by atoms with Gasteiger partial charge >= 0.3 is 6.18 Å². The maximum Gasteiger partial charge on any atom is 0.435 e. The molecule has 4 nitrogen and oxygen atoms in total. The van der Waals surface area contributed by atoms with Crippen molar-refractivity contribution >= 4 is 28.8 Å². The molecule has 0 spiro atoms. The van der Waals surface area contributed by atoms with E-state index in [1.165, 1.54) is 18.0 Å². The van der Waals surface area contributed by atoms with Crippen LogP contribution < -0.4 is 0 Å². The zero-order valence-corrected chi connectivity index (χ0v) is 14.2. The Labute approximate surface area is 145 Å². The van der Waals surface area contributed by atoms with E-state index in [1.807, 2.05) is 0 Å². The van der Waals surface area contributed by atoms with E-state index in [1.54, 1.807) is 12.1 Å². The number of carbonyl (C=O) groups is 1. The first-order valence-corrected chi connectivity index (χ1v) is 8.41. The van der Waals surface area contributed by atoms with Crippen LogP contribution in [0.4, 0.5) is 13.2 Å². The number of alkyl halides is 3. The van der Waals surface area contributed by atoms with Crippen LogP contribution in [0.3, 0.4) is 0 Å². The molecule has 0 unspecified atom stereocenters. The maximum absolute atomic E-state index is 13.1. The summed E-state index contributed by atoms with van der Waals surface area (Å²) in [6, 6.07) is 3.24. The van der Waals surface area contributed by atoms with Crippen molar-refractivity contribution in [2.75, 3.05) is 0 Å². The van der Waals surface area contributed by atoms with E-state index in [0.29, 0.717) is 10.7 Å². The fraction of sp³-hybridized carbons (Fsp3) is 0.400. The molecule has 9 heteroatoms. The zero-order chi connectivity index (χ0) is 17.5. The van der Waals surface area contributed by atoms with Gasteiger partial charge in [0.2, 0.25) is 0 Å². The molecule has 1 aliphatic carbocycles. The maximum atomic E-state index is 13.1. The van der Waals surface area contributed by atoms with Gasteiger partial charge in [0.15, 0.2) is 5.69 Å². The summed E-state index contributed by atoms with van der Waals surface area (Å²) in [5, 5.41) is 0.673. The molecule has 1 amide bonds. The highest BCUT2D eigenvalue weighted by atomic mass is 35.5. The van der Waals surface area contributed by atoms with E-state index in [9.17, 15) is 18.0 Å². The first-order valence-electron chi connectivity index (χ1n) is 7.21. The van der Waals surface area contributed by atoms with E-state index in [2.05, 4.69) is 9.97 Å². The predicted molar refractivity (Wildman–Crippen MR) is 84.0 cm³/mol. The van der Waals surface area contributed by atoms with E-state index in [4.69, 9.17) is 11.6 Å². The Morgan fingerprint density at radius 3 is 2.67 bits per heavy atom. The lowest BCUT2D eigenvalue weighted by Gasteiger charge is -2.22. The number of halogens is 4. The Balaban J connectivity index is 1.89. The van der Waals surface area contributed by atoms with Gasteiger partial charge < -0.3 is 4.90 Å². The van der Waals surface area contributed by atoms with E-state index < -0.39 is 17.8 Å². The number of aromatic nitrogens is 2. The largest absolute Gasteiger partial charge is 0.435 e. The SMILES string of the molecule is Cc1nc(C(F)(F)F)c(C(=O)N(Cc2ccc(Cl)cn2)C2CC2)s1. The number of thiazole rings is 1. The second-order valence-corrected chi connectivity index (χ2v) is 7.18. The molecule has 1 saturated carbocycles. The van der Waals surface area contributed by atoms with Gasteiger partial charge in [0, 0.05) is 12.2 Å². The Morgan fingerprint density at radius 2 is 2.12 bits per heavy atom. The fourth-order valence-electron chi connectivity index (χ4n) is 2.32. The summed E-state index contributed by atoms with van der Waals surface area (Å²) in [5.74, 6) is -0.646. The molecule has 0 saturated heterocycles. The third-order valence-electron chi connectivity index (χ3n) is 3.57. The lowest BCUT2D eigenvalue weighted by molar-refractivity contribution is -0.141. The van der Waals surface area contributed by atoms with Crippen molar-refractivity contribution < 1.29 is 18.0 Å². The molecule has 0 bridgehead atoms. The molecule has 2 aromatic rings. The molecule has 0 atom stereocenters. The van der Waals surface area contributed by atoms with Crippen molar-refractivity contribution in [3.05, 3.63) is 44.6 Å². The molecule has 0 aliphatic heterocycles. The van der Waals surface area contributed by atoms with E-state index >= 15 is 0 Å². The van der Waals surface area contributed by atoms with Crippen LogP contribution in [0.2, 0.25) is 5.02 Å². The van der Waals surface area contributed by atoms with Gasteiger partial charge in [-0.2, -0.15) is 13.2 Å². The summed E-state index contributed by atoms with van der Waals surface area (Å²) >= 11 is 6.55. The Hall–Kier alpha value is -1.67. The molecule has 0 radical (unpaired) electrons. The van der Waals surface area contributed by atoms with Gasteiger partial charge in [0.1, 0.15) is 4.88 Å². The minimum atomic E-state index is -4.65. The summed E-state index contributed by atoms with van der Waals surface area (Å²) in [6.07, 6.45) is -1.65. The van der Waals surface area contributed by atoms with Crippen LogP contribution in [0.25, 0.3) is 0 Å². The number of nitrogens with zero attached hydrogens (tertiary/aromatic N) is 3. The van der Waals surface area contributed by atoms with Crippen LogP contribution in [0, 0.1) is 6.92 Å². The van der Waals surface area contributed by atoms with Crippen LogP contribution in [0.1, 0.15) is 38.9 Å². The van der Waals surface area contributed by atoms with Gasteiger partial charge in [0.25, 0.3) is 5.91 Å². The second-order valence-electron chi connectivity index (χ2n) is 5.54. The molecule has 1 aliphatic rings. The molecule has 0 aromatic carbocycles. The molecular weight excluding hydrogens is 363 g/mol. The molecule has 3 rings (SSSR count). The standard InChI is InChI=1S/C15H13ClF3N3OS/c1-8-21-13(15(17,18)19)12(24-8)14(23)22(11-4-5-11)7-10-3-2-9(16)6-20-10/h2-3,6,11H,4-5,7H2,1H3. The molecule has 2 heterocycles. The van der Waals surface area contributed by atoms with Gasteiger partial charge in [0.05, 0.1) is 22.3 Å². The van der Waals surface area contributed by atoms with Crippen LogP contribution >= 0.6 is 22.9 Å². The monoisotopic (exact) mass is 375 g/mol. The Bertz CT molecular complexity index is 756. The van der Waals surface area contributed by atoms with Gasteiger partial charge in [-0.05, 0) is 31.9 Å². The smallest absolute Gasteiger partial charge is 0.329 e. The van der Waals surface area contributed by atoms with Gasteiger partial charge in [-0.15, -0.1) is 11.3 Å². The molecule has 0 N–H and O–H groups in total. The van der Waals surface area contributed by atoms with Crippen molar-refractivity contribution in [2.45, 2.75) is 38.5 Å². The topological polar surface area (TPSA) is 46.1 Å². The van der Waals surface area contributed by atoms with Gasteiger partial charge in [-0.3, -0.25) is 9.78 Å². The first-order chi connectivity index (χ1) is 11.3. The minimum Gasteiger partial charge on any atom is -0.329 e. The number of aryl methyl sites for hydroxylation is 1. The number of amides is 1. The van der Waals surface area contributed by atoms with Crippen molar-refractivity contribution in [3.63, 3.8) is 0 Å². The first kappa shape index (κ1) is 17.2. The predicted octanol–water partition coefficient (Wildman–Crippen LogP) is 4.32. The van der Waals surface area contributed by atoms with E-state index in [0.717, 1.165) is 24.2 Å². The fourth-order valence-corrected chi connectivity index (χ4v) is 3.33. The van der Waals surface area contributed by atoms with Crippen molar-refractivity contribution in [2.24, 2.45) is 0 Å². The number of carbonyl (C=O) groups excluding carboxylic acids is 1. The van der Waals surface area contributed by atoms with Crippen LogP contribution in [0.5, 0.6) is 0 Å². The third-order valence-corrected chi connectivity index (χ3v) is 4.75. The number of pyridine rings is 1. The van der Waals surface area contributed by atoms with Crippen LogP contribution in [-0.4, -0.2) is 26.8 Å². The molecule has 1 fully saturated rings. The highest BCUT2D eigenvalue weighted by molar-refractivity contribution is 7.13. The number of hydrogen-bond acceptors (Lipinski definition) is 4. The summed E-state index contributed by atoms with van der Waals surface area (Å²) < 4.78 is 39.4. The molecule has 128 valence electrons. The third kappa shape index (κ3) is 3.70. The number of hydrogen-bond donors (Lipinski definition) is 0. The van der Waals surface area contributed by atoms with Gasteiger partial charge in [-0.1, -0.05) is 11.6 Å². The lowest BCUT2D eigenvalue weighted by Crippen LogP contribution is -2.33.